The highest BCUT2D eigenvalue weighted by Crippen LogP contribution is 2.25. The van der Waals surface area contributed by atoms with Crippen molar-refractivity contribution in [3.63, 3.8) is 0 Å². The van der Waals surface area contributed by atoms with E-state index in [1.54, 1.807) is 18.2 Å². The zero-order valence-electron chi connectivity index (χ0n) is 10.8. The standard InChI is InChI=1S/C13H9Cl2N3O3/c1-7-2-3-11(10(14)4-7)17-13(19)9-5-8(18(20)21)6-16-12(9)15/h2-6H,1H3,(H,17,19). The second kappa shape index (κ2) is 6.07. The van der Waals surface area contributed by atoms with Crippen LogP contribution in [0.2, 0.25) is 10.2 Å². The maximum absolute atomic E-state index is 12.1. The van der Waals surface area contributed by atoms with Gasteiger partial charge in [-0.1, -0.05) is 29.3 Å². The van der Waals surface area contributed by atoms with E-state index in [4.69, 9.17) is 23.2 Å². The molecule has 2 rings (SSSR count). The Bertz CT molecular complexity index is 735. The summed E-state index contributed by atoms with van der Waals surface area (Å²) in [6.07, 6.45) is 0.984. The zero-order valence-corrected chi connectivity index (χ0v) is 12.3. The van der Waals surface area contributed by atoms with Gasteiger partial charge in [0.25, 0.3) is 11.6 Å². The molecule has 0 saturated heterocycles. The Morgan fingerprint density at radius 1 is 1.33 bits per heavy atom. The molecule has 0 aliphatic carbocycles. The number of nitrogens with one attached hydrogen (secondary N) is 1. The van der Waals surface area contributed by atoms with Gasteiger partial charge in [-0.15, -0.1) is 0 Å². The largest absolute Gasteiger partial charge is 0.321 e. The number of hydrogen-bond acceptors (Lipinski definition) is 4. The molecule has 0 spiro atoms. The monoisotopic (exact) mass is 325 g/mol. The first-order valence-electron chi connectivity index (χ1n) is 5.76. The number of hydrogen-bond donors (Lipinski definition) is 1. The van der Waals surface area contributed by atoms with Crippen LogP contribution in [0.4, 0.5) is 11.4 Å². The molecule has 2 aromatic rings. The van der Waals surface area contributed by atoms with Crippen molar-refractivity contribution in [3.05, 3.63) is 61.9 Å². The Labute approximate surface area is 129 Å². The first-order chi connectivity index (χ1) is 9.88. The van der Waals surface area contributed by atoms with Gasteiger partial charge in [0.2, 0.25) is 0 Å². The normalized spacial score (nSPS) is 10.2. The molecule has 0 aliphatic rings. The second-order valence-corrected chi connectivity index (χ2v) is 4.99. The van der Waals surface area contributed by atoms with Crippen molar-refractivity contribution in [2.75, 3.05) is 5.32 Å². The average molecular weight is 326 g/mol. The first-order valence-corrected chi connectivity index (χ1v) is 6.51. The molecule has 108 valence electrons. The third-order valence-corrected chi connectivity index (χ3v) is 3.27. The summed E-state index contributed by atoms with van der Waals surface area (Å²) in [5.41, 5.74) is 0.907. The smallest absolute Gasteiger partial charge is 0.288 e. The number of aromatic nitrogens is 1. The van der Waals surface area contributed by atoms with E-state index in [0.717, 1.165) is 17.8 Å². The van der Waals surface area contributed by atoms with Crippen LogP contribution in [0.15, 0.2) is 30.5 Å². The number of nitrogens with zero attached hydrogens (tertiary/aromatic N) is 2. The van der Waals surface area contributed by atoms with Gasteiger partial charge in [0.1, 0.15) is 11.3 Å². The molecule has 1 aromatic carbocycles. The van der Waals surface area contributed by atoms with E-state index in [1.165, 1.54) is 0 Å². The van der Waals surface area contributed by atoms with Crippen LogP contribution in [0.5, 0.6) is 0 Å². The van der Waals surface area contributed by atoms with Crippen molar-refractivity contribution in [2.24, 2.45) is 0 Å². The number of aryl methyl sites for hydroxylation is 1. The molecule has 21 heavy (non-hydrogen) atoms. The molecule has 6 nitrogen and oxygen atoms in total. The molecule has 0 fully saturated rings. The minimum atomic E-state index is -0.654. The van der Waals surface area contributed by atoms with Crippen LogP contribution in [0.3, 0.4) is 0 Å². The lowest BCUT2D eigenvalue weighted by Gasteiger charge is -2.08. The molecule has 0 saturated carbocycles. The summed E-state index contributed by atoms with van der Waals surface area (Å²) in [6, 6.07) is 6.15. The van der Waals surface area contributed by atoms with E-state index in [1.807, 2.05) is 6.92 Å². The number of amides is 1. The van der Waals surface area contributed by atoms with Gasteiger partial charge in [-0.3, -0.25) is 14.9 Å². The third kappa shape index (κ3) is 3.48. The van der Waals surface area contributed by atoms with Gasteiger partial charge in [-0.2, -0.15) is 0 Å². The Kier molecular flexibility index (Phi) is 4.40. The molecule has 0 bridgehead atoms. The van der Waals surface area contributed by atoms with Crippen molar-refractivity contribution in [1.82, 2.24) is 4.98 Å². The van der Waals surface area contributed by atoms with Crippen LogP contribution in [-0.2, 0) is 0 Å². The summed E-state index contributed by atoms with van der Waals surface area (Å²) < 4.78 is 0. The van der Waals surface area contributed by atoms with E-state index in [0.29, 0.717) is 10.7 Å². The maximum Gasteiger partial charge on any atom is 0.288 e. The lowest BCUT2D eigenvalue weighted by Crippen LogP contribution is -2.13. The van der Waals surface area contributed by atoms with Crippen LogP contribution in [0.25, 0.3) is 0 Å². The van der Waals surface area contributed by atoms with E-state index < -0.39 is 10.8 Å². The van der Waals surface area contributed by atoms with Gasteiger partial charge >= 0.3 is 0 Å². The lowest BCUT2D eigenvalue weighted by atomic mass is 10.2. The van der Waals surface area contributed by atoms with Crippen molar-refractivity contribution >= 4 is 40.5 Å². The predicted octanol–water partition coefficient (Wildman–Crippen LogP) is 3.86. The number of nitro groups is 1. The molecular weight excluding hydrogens is 317 g/mol. The van der Waals surface area contributed by atoms with E-state index in [9.17, 15) is 14.9 Å². The highest BCUT2D eigenvalue weighted by atomic mass is 35.5. The number of carbonyl (C=O) groups excluding carboxylic acids is 1. The molecule has 1 heterocycles. The number of halogens is 2. The van der Waals surface area contributed by atoms with Gasteiger partial charge in [0, 0.05) is 6.07 Å². The molecule has 1 N–H and O–H groups in total. The van der Waals surface area contributed by atoms with E-state index in [2.05, 4.69) is 10.3 Å². The van der Waals surface area contributed by atoms with Crippen LogP contribution >= 0.6 is 23.2 Å². The van der Waals surface area contributed by atoms with Crippen LogP contribution in [0, 0.1) is 17.0 Å². The Balaban J connectivity index is 2.32. The topological polar surface area (TPSA) is 85.1 Å². The van der Waals surface area contributed by atoms with Crippen LogP contribution < -0.4 is 5.32 Å². The number of benzene rings is 1. The molecule has 1 amide bonds. The highest BCUT2D eigenvalue weighted by Gasteiger charge is 2.18. The lowest BCUT2D eigenvalue weighted by molar-refractivity contribution is -0.385. The summed E-state index contributed by atoms with van der Waals surface area (Å²) in [4.78, 5) is 25.8. The molecular formula is C13H9Cl2N3O3. The minimum Gasteiger partial charge on any atom is -0.321 e. The maximum atomic E-state index is 12.1. The molecule has 0 unspecified atom stereocenters. The summed E-state index contributed by atoms with van der Waals surface area (Å²) in [7, 11) is 0. The van der Waals surface area contributed by atoms with E-state index >= 15 is 0 Å². The zero-order chi connectivity index (χ0) is 15.6. The fourth-order valence-electron chi connectivity index (χ4n) is 1.61. The molecule has 1 aromatic heterocycles. The molecule has 0 atom stereocenters. The number of rotatable bonds is 3. The van der Waals surface area contributed by atoms with Gasteiger partial charge in [0.15, 0.2) is 0 Å². The minimum absolute atomic E-state index is 0.0949. The summed E-state index contributed by atoms with van der Waals surface area (Å²) >= 11 is 11.8. The third-order valence-electron chi connectivity index (χ3n) is 2.65. The average Bonchev–Trinajstić information content (AvgIpc) is 2.42. The van der Waals surface area contributed by atoms with Gasteiger partial charge < -0.3 is 5.32 Å². The van der Waals surface area contributed by atoms with E-state index in [-0.39, 0.29) is 16.4 Å². The van der Waals surface area contributed by atoms with Gasteiger partial charge in [-0.05, 0) is 24.6 Å². The van der Waals surface area contributed by atoms with Crippen LogP contribution in [-0.4, -0.2) is 15.8 Å². The molecule has 8 heteroatoms. The van der Waals surface area contributed by atoms with Gasteiger partial charge in [-0.25, -0.2) is 4.98 Å². The van der Waals surface area contributed by atoms with Crippen molar-refractivity contribution in [2.45, 2.75) is 6.92 Å². The van der Waals surface area contributed by atoms with Crippen LogP contribution in [0.1, 0.15) is 15.9 Å². The Morgan fingerprint density at radius 2 is 2.05 bits per heavy atom. The van der Waals surface area contributed by atoms with Crippen molar-refractivity contribution in [1.29, 1.82) is 0 Å². The fraction of sp³-hybridized carbons (Fsp3) is 0.0769. The SMILES string of the molecule is Cc1ccc(NC(=O)c2cc([N+](=O)[O-])cnc2Cl)c(Cl)c1. The predicted molar refractivity (Wildman–Crippen MR) is 80.0 cm³/mol. The second-order valence-electron chi connectivity index (χ2n) is 4.23. The molecule has 0 radical (unpaired) electrons. The Hall–Kier alpha value is -2.18. The summed E-state index contributed by atoms with van der Waals surface area (Å²) in [6.45, 7) is 1.86. The van der Waals surface area contributed by atoms with Gasteiger partial charge in [0.05, 0.1) is 21.2 Å². The highest BCUT2D eigenvalue weighted by molar-refractivity contribution is 6.35. The summed E-state index contributed by atoms with van der Waals surface area (Å²) in [5, 5.41) is 13.5. The number of anilines is 1. The number of carbonyl (C=O) groups is 1. The molecule has 0 aliphatic heterocycles. The quantitative estimate of drug-likeness (QED) is 0.527. The van der Waals surface area contributed by atoms with Crippen molar-refractivity contribution in [3.8, 4) is 0 Å². The number of pyridine rings is 1. The fourth-order valence-corrected chi connectivity index (χ4v) is 2.08. The Morgan fingerprint density at radius 3 is 2.67 bits per heavy atom. The van der Waals surface area contributed by atoms with Crippen molar-refractivity contribution < 1.29 is 9.72 Å². The summed E-state index contributed by atoms with van der Waals surface area (Å²) in [5.74, 6) is -0.623. The first kappa shape index (κ1) is 15.2.